The number of rotatable bonds is 3. The normalized spacial score (nSPS) is 11.1. The van der Waals surface area contributed by atoms with E-state index in [4.69, 9.17) is 3.07 Å². The summed E-state index contributed by atoms with van der Waals surface area (Å²) >= 11 is -2.54. The number of hydrogen-bond donors (Lipinski definition) is 1. The van der Waals surface area contributed by atoms with Crippen LogP contribution in [-0.4, -0.2) is 3.44 Å². The molecule has 0 aliphatic rings. The van der Waals surface area contributed by atoms with Crippen molar-refractivity contribution >= 4 is 20.6 Å². The third kappa shape index (κ3) is 2.98. The van der Waals surface area contributed by atoms with Crippen molar-refractivity contribution in [2.24, 2.45) is 0 Å². The standard InChI is InChI=1S/C14H15IO2/c1-11-7-3-5-9-13(11)15(16)17-14-10-6-4-8-12(14)2/h3-10,16H,1-2H3. The Labute approximate surface area is 110 Å². The molecular formula is C14H15IO2. The first-order valence-electron chi connectivity index (χ1n) is 5.37. The maximum absolute atomic E-state index is 10.2. The van der Waals surface area contributed by atoms with Crippen molar-refractivity contribution in [3.8, 4) is 5.75 Å². The SMILES string of the molecule is Cc1ccccc1OI(O)c1ccccc1C. The van der Waals surface area contributed by atoms with Gasteiger partial charge in [-0.3, -0.25) is 0 Å². The number of hydrogen-bond acceptors (Lipinski definition) is 2. The Bertz CT molecular complexity index is 511. The number of halogens is 1. The summed E-state index contributed by atoms with van der Waals surface area (Å²) in [5.74, 6) is 0.781. The zero-order chi connectivity index (χ0) is 12.3. The van der Waals surface area contributed by atoms with Crippen LogP contribution in [0.4, 0.5) is 0 Å². The van der Waals surface area contributed by atoms with E-state index in [0.717, 1.165) is 20.4 Å². The predicted molar refractivity (Wildman–Crippen MR) is 77.9 cm³/mol. The summed E-state index contributed by atoms with van der Waals surface area (Å²) in [6, 6.07) is 15.6. The van der Waals surface area contributed by atoms with Gasteiger partial charge < -0.3 is 0 Å². The van der Waals surface area contributed by atoms with Crippen molar-refractivity contribution < 1.29 is 6.50 Å². The molecule has 0 saturated carbocycles. The van der Waals surface area contributed by atoms with Crippen LogP contribution in [0.2, 0.25) is 0 Å². The summed E-state index contributed by atoms with van der Waals surface area (Å²) in [6.45, 7) is 3.98. The van der Waals surface area contributed by atoms with Gasteiger partial charge in [-0.15, -0.1) is 0 Å². The molecule has 0 aliphatic carbocycles. The predicted octanol–water partition coefficient (Wildman–Crippen LogP) is 3.88. The van der Waals surface area contributed by atoms with Gasteiger partial charge in [0.05, 0.1) is 0 Å². The molecule has 2 nitrogen and oxygen atoms in total. The third-order valence-corrected chi connectivity index (χ3v) is 5.60. The molecule has 2 aromatic rings. The first-order valence-corrected chi connectivity index (χ1v) is 8.30. The second-order valence-electron chi connectivity index (χ2n) is 3.82. The Morgan fingerprint density at radius 1 is 0.882 bits per heavy atom. The maximum atomic E-state index is 10.2. The zero-order valence-electron chi connectivity index (χ0n) is 9.85. The average molecular weight is 342 g/mol. The molecule has 0 atom stereocenters. The van der Waals surface area contributed by atoms with Crippen LogP contribution in [0.15, 0.2) is 48.5 Å². The Morgan fingerprint density at radius 2 is 1.47 bits per heavy atom. The van der Waals surface area contributed by atoms with Gasteiger partial charge in [-0.1, -0.05) is 0 Å². The monoisotopic (exact) mass is 342 g/mol. The van der Waals surface area contributed by atoms with Crippen LogP contribution in [0.1, 0.15) is 11.1 Å². The van der Waals surface area contributed by atoms with E-state index in [-0.39, 0.29) is 0 Å². The van der Waals surface area contributed by atoms with Gasteiger partial charge in [-0.2, -0.15) is 0 Å². The Hall–Kier alpha value is -1.07. The van der Waals surface area contributed by atoms with Gasteiger partial charge in [0.2, 0.25) is 0 Å². The summed E-state index contributed by atoms with van der Waals surface area (Å²) in [5.41, 5.74) is 2.14. The van der Waals surface area contributed by atoms with E-state index in [1.54, 1.807) is 0 Å². The van der Waals surface area contributed by atoms with E-state index in [2.05, 4.69) is 0 Å². The fourth-order valence-electron chi connectivity index (χ4n) is 1.50. The first-order chi connectivity index (χ1) is 8.18. The van der Waals surface area contributed by atoms with E-state index in [0.29, 0.717) is 0 Å². The molecule has 0 radical (unpaired) electrons. The van der Waals surface area contributed by atoms with E-state index in [1.165, 1.54) is 0 Å². The van der Waals surface area contributed by atoms with E-state index < -0.39 is 20.6 Å². The van der Waals surface area contributed by atoms with Gasteiger partial charge in [0, 0.05) is 0 Å². The molecule has 1 N–H and O–H groups in total. The molecule has 90 valence electrons. The van der Waals surface area contributed by atoms with Gasteiger partial charge in [-0.25, -0.2) is 0 Å². The Morgan fingerprint density at radius 3 is 2.12 bits per heavy atom. The molecule has 3 heteroatoms. The van der Waals surface area contributed by atoms with E-state index >= 15 is 0 Å². The van der Waals surface area contributed by atoms with Crippen molar-refractivity contribution in [1.82, 2.24) is 0 Å². The zero-order valence-corrected chi connectivity index (χ0v) is 12.0. The van der Waals surface area contributed by atoms with Crippen molar-refractivity contribution in [1.29, 1.82) is 0 Å². The van der Waals surface area contributed by atoms with Crippen LogP contribution in [0.3, 0.4) is 0 Å². The molecule has 0 aromatic heterocycles. The van der Waals surface area contributed by atoms with Crippen LogP contribution in [-0.2, 0) is 0 Å². The molecule has 0 saturated heterocycles. The fourth-order valence-corrected chi connectivity index (χ4v) is 4.10. The molecular weight excluding hydrogens is 327 g/mol. The van der Waals surface area contributed by atoms with Crippen LogP contribution < -0.4 is 3.07 Å². The van der Waals surface area contributed by atoms with Crippen molar-refractivity contribution in [3.05, 3.63) is 63.2 Å². The quantitative estimate of drug-likeness (QED) is 0.858. The molecule has 0 amide bonds. The van der Waals surface area contributed by atoms with Gasteiger partial charge in [-0.05, 0) is 0 Å². The molecule has 0 fully saturated rings. The van der Waals surface area contributed by atoms with Crippen LogP contribution >= 0.6 is 20.6 Å². The molecule has 0 spiro atoms. The number of para-hydroxylation sites is 1. The molecule has 0 bridgehead atoms. The summed E-state index contributed by atoms with van der Waals surface area (Å²) in [7, 11) is 0. The minimum absolute atomic E-state index is 0.781. The van der Waals surface area contributed by atoms with Gasteiger partial charge in [0.15, 0.2) is 0 Å². The number of aryl methyl sites for hydroxylation is 2. The second-order valence-corrected chi connectivity index (χ2v) is 6.74. The fraction of sp³-hybridized carbons (Fsp3) is 0.143. The second kappa shape index (κ2) is 5.51. The summed E-state index contributed by atoms with van der Waals surface area (Å²) < 4.78 is 16.9. The van der Waals surface area contributed by atoms with Crippen molar-refractivity contribution in [2.45, 2.75) is 13.8 Å². The molecule has 17 heavy (non-hydrogen) atoms. The topological polar surface area (TPSA) is 29.5 Å². The molecule has 0 aliphatic heterocycles. The van der Waals surface area contributed by atoms with Crippen LogP contribution in [0.5, 0.6) is 5.75 Å². The summed E-state index contributed by atoms with van der Waals surface area (Å²) in [6.07, 6.45) is 0. The third-order valence-electron chi connectivity index (χ3n) is 2.50. The molecule has 0 unspecified atom stereocenters. The molecule has 2 aromatic carbocycles. The molecule has 2 rings (SSSR count). The van der Waals surface area contributed by atoms with Crippen LogP contribution in [0, 0.1) is 17.4 Å². The minimum atomic E-state index is -2.54. The van der Waals surface area contributed by atoms with Gasteiger partial charge >= 0.3 is 110 Å². The van der Waals surface area contributed by atoms with Crippen molar-refractivity contribution in [3.63, 3.8) is 0 Å². The van der Waals surface area contributed by atoms with Crippen molar-refractivity contribution in [2.75, 3.05) is 0 Å². The Balaban J connectivity index is 2.20. The van der Waals surface area contributed by atoms with Crippen LogP contribution in [0.25, 0.3) is 0 Å². The Kier molecular flexibility index (Phi) is 4.02. The number of benzene rings is 2. The van der Waals surface area contributed by atoms with E-state index in [1.807, 2.05) is 62.4 Å². The first kappa shape index (κ1) is 12.4. The molecule has 0 heterocycles. The summed E-state index contributed by atoms with van der Waals surface area (Å²) in [4.78, 5) is 0. The summed E-state index contributed by atoms with van der Waals surface area (Å²) in [5, 5.41) is 0. The van der Waals surface area contributed by atoms with E-state index in [9.17, 15) is 3.44 Å². The van der Waals surface area contributed by atoms with Gasteiger partial charge in [0.1, 0.15) is 0 Å². The van der Waals surface area contributed by atoms with Gasteiger partial charge in [0.25, 0.3) is 0 Å². The average Bonchev–Trinajstić information content (AvgIpc) is 2.32.